The number of ether oxygens (including phenoxy) is 4. The van der Waals surface area contributed by atoms with Crippen LogP contribution in [-0.4, -0.2) is 96.7 Å². The van der Waals surface area contributed by atoms with Crippen molar-refractivity contribution in [2.75, 3.05) is 39.6 Å². The molecular formula is C87H144O17P2. The number of phosphoric acid groups is 2. The van der Waals surface area contributed by atoms with Crippen molar-refractivity contribution >= 4 is 39.5 Å². The van der Waals surface area contributed by atoms with Crippen LogP contribution < -0.4 is 0 Å². The maximum Gasteiger partial charge on any atom is 0.472 e. The van der Waals surface area contributed by atoms with Crippen molar-refractivity contribution in [3.63, 3.8) is 0 Å². The normalized spacial score (nSPS) is 14.7. The lowest BCUT2D eigenvalue weighted by atomic mass is 10.1. The molecule has 0 amide bonds. The van der Waals surface area contributed by atoms with Crippen LogP contribution in [0.25, 0.3) is 0 Å². The quantitative estimate of drug-likeness (QED) is 0.0169. The molecule has 0 heterocycles. The molecule has 3 N–H and O–H groups in total. The third kappa shape index (κ3) is 76.9. The van der Waals surface area contributed by atoms with E-state index >= 15 is 0 Å². The highest BCUT2D eigenvalue weighted by Gasteiger charge is 2.30. The van der Waals surface area contributed by atoms with E-state index in [1.807, 2.05) is 0 Å². The third-order valence-electron chi connectivity index (χ3n) is 16.5. The maximum atomic E-state index is 13.1. The highest BCUT2D eigenvalue weighted by molar-refractivity contribution is 7.47. The van der Waals surface area contributed by atoms with Gasteiger partial charge in [-0.05, 0) is 173 Å². The number of unbranched alkanes of at least 4 members (excludes halogenated alkanes) is 23. The van der Waals surface area contributed by atoms with Crippen LogP contribution in [0.3, 0.4) is 0 Å². The van der Waals surface area contributed by atoms with Crippen LogP contribution in [0.15, 0.2) is 158 Å². The van der Waals surface area contributed by atoms with E-state index in [4.69, 9.17) is 37.0 Å². The highest BCUT2D eigenvalue weighted by atomic mass is 31.2. The monoisotopic (exact) mass is 1520 g/mol. The Balaban J connectivity index is 5.46. The molecule has 0 aromatic rings. The number of carbonyl (C=O) groups excluding carboxylic acids is 4. The number of esters is 4. The second kappa shape index (κ2) is 77.8. The molecule has 0 rings (SSSR count). The molecule has 17 nitrogen and oxygen atoms in total. The van der Waals surface area contributed by atoms with Crippen molar-refractivity contribution in [2.45, 2.75) is 329 Å². The molecule has 0 aliphatic heterocycles. The van der Waals surface area contributed by atoms with E-state index in [0.29, 0.717) is 25.7 Å². The summed E-state index contributed by atoms with van der Waals surface area (Å²) in [5, 5.41) is 10.7. The van der Waals surface area contributed by atoms with E-state index in [9.17, 15) is 43.2 Å². The van der Waals surface area contributed by atoms with E-state index in [2.05, 4.69) is 186 Å². The van der Waals surface area contributed by atoms with Crippen LogP contribution in [0, 0.1) is 0 Å². The van der Waals surface area contributed by atoms with E-state index < -0.39 is 97.5 Å². The minimum Gasteiger partial charge on any atom is -0.462 e. The van der Waals surface area contributed by atoms with Crippen LogP contribution in [0.5, 0.6) is 0 Å². The molecule has 19 heteroatoms. The third-order valence-corrected chi connectivity index (χ3v) is 18.4. The smallest absolute Gasteiger partial charge is 0.462 e. The number of allylic oxidation sites excluding steroid dienone is 26. The van der Waals surface area contributed by atoms with E-state index in [1.165, 1.54) is 44.9 Å². The molecule has 0 saturated carbocycles. The summed E-state index contributed by atoms with van der Waals surface area (Å²) in [6.07, 6.45) is 90.7. The molecule has 0 bridgehead atoms. The van der Waals surface area contributed by atoms with Gasteiger partial charge in [-0.3, -0.25) is 37.3 Å². The number of carbonyl (C=O) groups is 4. The first kappa shape index (κ1) is 101. The summed E-state index contributed by atoms with van der Waals surface area (Å²) in [7, 11) is -10.00. The van der Waals surface area contributed by atoms with Gasteiger partial charge >= 0.3 is 39.5 Å². The van der Waals surface area contributed by atoms with Crippen LogP contribution >= 0.6 is 15.6 Å². The number of aliphatic hydroxyl groups excluding tert-OH is 1. The Kier molecular flexibility index (Phi) is 73.9. The Morgan fingerprint density at radius 3 is 0.792 bits per heavy atom. The summed E-state index contributed by atoms with van der Waals surface area (Å²) in [6, 6.07) is 0. The first-order valence-corrected chi connectivity index (χ1v) is 43.7. The van der Waals surface area contributed by atoms with Gasteiger partial charge in [0, 0.05) is 25.7 Å². The molecule has 0 fully saturated rings. The second-order valence-electron chi connectivity index (χ2n) is 26.6. The fraction of sp³-hybridized carbons (Fsp3) is 0.655. The van der Waals surface area contributed by atoms with Gasteiger partial charge in [-0.25, -0.2) is 9.13 Å². The van der Waals surface area contributed by atoms with Gasteiger partial charge in [-0.1, -0.05) is 269 Å². The number of aliphatic hydroxyl groups is 1. The molecule has 0 spiro atoms. The van der Waals surface area contributed by atoms with Crippen molar-refractivity contribution in [3.8, 4) is 0 Å². The molecule has 5 atom stereocenters. The Morgan fingerprint density at radius 2 is 0.491 bits per heavy atom. The van der Waals surface area contributed by atoms with Crippen molar-refractivity contribution in [1.82, 2.24) is 0 Å². The summed E-state index contributed by atoms with van der Waals surface area (Å²) in [5.41, 5.74) is 0. The molecule has 604 valence electrons. The zero-order valence-electron chi connectivity index (χ0n) is 66.1. The summed E-state index contributed by atoms with van der Waals surface area (Å²) >= 11 is 0. The van der Waals surface area contributed by atoms with Gasteiger partial charge in [-0.2, -0.15) is 0 Å². The lowest BCUT2D eigenvalue weighted by Crippen LogP contribution is -2.30. The maximum absolute atomic E-state index is 13.1. The largest absolute Gasteiger partial charge is 0.472 e. The minimum atomic E-state index is -5.00. The van der Waals surface area contributed by atoms with Gasteiger partial charge in [0.15, 0.2) is 12.2 Å². The standard InChI is InChI=1S/C87H144O17P2/c1-5-9-13-17-21-25-29-33-36-38-40-42-45-49-53-57-61-65-69-73-86(91)103-82(77-97-84(89)71-67-63-59-55-51-47-32-28-24-20-16-12-8-4)79-101-105(93,94)99-75-81(88)76-100-106(95,96)102-80-83(78-98-85(90)72-68-64-60-56-52-48-44-35-31-27-23-19-15-11-7-3)104-87(92)74-70-66-62-58-54-50-46-43-41-39-37-34-30-26-22-18-14-10-6-2/h9-10,13-14,21-23,25-28,32-37,40-44,49-50,53-54,81-83,88H,5-8,11-12,15-20,24,29-31,38-39,45-48,51-52,55-80H2,1-4H3,(H,93,94)(H,95,96)/b13-9-,14-10-,25-21-,26-22-,27-23-,32-28-,36-33-,37-34-,42-40-,43-41-,44-35-,53-49-,54-50-/t81-,82+,83+/m0/s1. The van der Waals surface area contributed by atoms with Crippen LogP contribution in [0.1, 0.15) is 310 Å². The highest BCUT2D eigenvalue weighted by Crippen LogP contribution is 2.45. The predicted octanol–water partition coefficient (Wildman–Crippen LogP) is 24.0. The van der Waals surface area contributed by atoms with Crippen LogP contribution in [0.2, 0.25) is 0 Å². The Bertz CT molecular complexity index is 2630. The Morgan fingerprint density at radius 1 is 0.274 bits per heavy atom. The summed E-state index contributed by atoms with van der Waals surface area (Å²) in [5.74, 6) is -2.28. The lowest BCUT2D eigenvalue weighted by molar-refractivity contribution is -0.161. The van der Waals surface area contributed by atoms with Crippen molar-refractivity contribution in [3.05, 3.63) is 158 Å². The number of hydrogen-bond donors (Lipinski definition) is 3. The first-order valence-electron chi connectivity index (χ1n) is 40.7. The molecule has 0 aliphatic carbocycles. The molecule has 0 aromatic carbocycles. The zero-order chi connectivity index (χ0) is 77.4. The average molecular weight is 1520 g/mol. The summed E-state index contributed by atoms with van der Waals surface area (Å²) in [6.45, 7) is 4.50. The molecule has 106 heavy (non-hydrogen) atoms. The number of rotatable bonds is 75. The van der Waals surface area contributed by atoms with Gasteiger partial charge in [0.25, 0.3) is 0 Å². The van der Waals surface area contributed by atoms with Gasteiger partial charge < -0.3 is 33.8 Å². The number of hydrogen-bond acceptors (Lipinski definition) is 15. The molecule has 0 aromatic heterocycles. The van der Waals surface area contributed by atoms with Gasteiger partial charge in [-0.15, -0.1) is 0 Å². The molecule has 0 radical (unpaired) electrons. The van der Waals surface area contributed by atoms with Crippen LogP contribution in [0.4, 0.5) is 0 Å². The van der Waals surface area contributed by atoms with E-state index in [1.54, 1.807) is 0 Å². The topological polar surface area (TPSA) is 237 Å². The Labute approximate surface area is 642 Å². The van der Waals surface area contributed by atoms with Gasteiger partial charge in [0.05, 0.1) is 26.4 Å². The fourth-order valence-electron chi connectivity index (χ4n) is 10.3. The first-order chi connectivity index (χ1) is 51.7. The molecule has 0 saturated heterocycles. The molecular weight excluding hydrogens is 1380 g/mol. The van der Waals surface area contributed by atoms with E-state index in [-0.39, 0.29) is 25.7 Å². The SMILES string of the molecule is CC/C=C\C/C=C\C/C=C\C/C=C\C/C=C\CCCCCC(=O)O[C@H](COC(=O)CCCCCCC/C=C\C/C=C\CCCCC)COP(=O)(O)OC[C@@H](O)COP(=O)(O)OC[C@@H](COC(=O)CCCCCCC/C=C\CCCCCC)OC(=O)CCCCC/C=C\C/C=C\C/C=C\C/C=C\C/C=C\CC. The van der Waals surface area contributed by atoms with Gasteiger partial charge in [0.1, 0.15) is 19.3 Å². The average Bonchev–Trinajstić information content (AvgIpc) is 1.23. The van der Waals surface area contributed by atoms with Crippen molar-refractivity contribution in [1.29, 1.82) is 0 Å². The van der Waals surface area contributed by atoms with Crippen LogP contribution in [-0.2, 0) is 65.4 Å². The van der Waals surface area contributed by atoms with E-state index in [0.717, 1.165) is 186 Å². The predicted molar refractivity (Wildman–Crippen MR) is 436 cm³/mol. The molecule has 2 unspecified atom stereocenters. The zero-order valence-corrected chi connectivity index (χ0v) is 67.8. The molecule has 0 aliphatic rings. The van der Waals surface area contributed by atoms with Crippen molar-refractivity contribution in [2.24, 2.45) is 0 Å². The lowest BCUT2D eigenvalue weighted by Gasteiger charge is -2.21. The summed E-state index contributed by atoms with van der Waals surface area (Å²) in [4.78, 5) is 73.1. The van der Waals surface area contributed by atoms with Gasteiger partial charge in [0.2, 0.25) is 0 Å². The second-order valence-corrected chi connectivity index (χ2v) is 29.5. The summed E-state index contributed by atoms with van der Waals surface area (Å²) < 4.78 is 68.6. The fourth-order valence-corrected chi connectivity index (χ4v) is 11.9. The Hall–Kier alpha value is -5.32. The van der Waals surface area contributed by atoms with Crippen molar-refractivity contribution < 1.29 is 80.2 Å². The minimum absolute atomic E-state index is 0.0470. The number of phosphoric ester groups is 2.